The van der Waals surface area contributed by atoms with Crippen LogP contribution in [0.25, 0.3) is 0 Å². The third-order valence-corrected chi connectivity index (χ3v) is 3.46. The van der Waals surface area contributed by atoms with Crippen LogP contribution in [0, 0.1) is 0 Å². The zero-order valence-electron chi connectivity index (χ0n) is 9.66. The number of anilines is 1. The van der Waals surface area contributed by atoms with Crippen molar-refractivity contribution >= 4 is 17.0 Å². The van der Waals surface area contributed by atoms with E-state index in [1.54, 1.807) is 11.3 Å². The summed E-state index contributed by atoms with van der Waals surface area (Å²) >= 11 is 1.75. The Labute approximate surface area is 100 Å². The number of aryl methyl sites for hydroxylation is 1. The Morgan fingerprint density at radius 3 is 2.56 bits per heavy atom. The van der Waals surface area contributed by atoms with E-state index in [-0.39, 0.29) is 0 Å². The van der Waals surface area contributed by atoms with E-state index >= 15 is 0 Å². The Morgan fingerprint density at radius 1 is 1.25 bits per heavy atom. The average molecular weight is 232 g/mol. The number of benzene rings is 1. The monoisotopic (exact) mass is 232 g/mol. The highest BCUT2D eigenvalue weighted by atomic mass is 32.1. The van der Waals surface area contributed by atoms with E-state index < -0.39 is 0 Å². The molecule has 2 nitrogen and oxygen atoms in total. The van der Waals surface area contributed by atoms with Gasteiger partial charge in [-0.25, -0.2) is 4.98 Å². The van der Waals surface area contributed by atoms with Crippen molar-refractivity contribution in [3.8, 4) is 0 Å². The molecule has 0 unspecified atom stereocenters. The fraction of sp³-hybridized carbons (Fsp3) is 0.308. The van der Waals surface area contributed by atoms with Gasteiger partial charge >= 0.3 is 0 Å². The SMILES string of the molecule is CCc1csc(Cc2ccc(NC)cc2)n1. The average Bonchev–Trinajstić information content (AvgIpc) is 2.78. The van der Waals surface area contributed by atoms with Crippen molar-refractivity contribution < 1.29 is 0 Å². The molecule has 1 heterocycles. The summed E-state index contributed by atoms with van der Waals surface area (Å²) in [6.45, 7) is 2.14. The third kappa shape index (κ3) is 2.61. The lowest BCUT2D eigenvalue weighted by Crippen LogP contribution is -1.91. The van der Waals surface area contributed by atoms with Crippen LogP contribution >= 0.6 is 11.3 Å². The molecule has 84 valence electrons. The minimum Gasteiger partial charge on any atom is -0.388 e. The van der Waals surface area contributed by atoms with Crippen LogP contribution in [0.4, 0.5) is 5.69 Å². The van der Waals surface area contributed by atoms with Gasteiger partial charge in [-0.05, 0) is 24.1 Å². The lowest BCUT2D eigenvalue weighted by molar-refractivity contribution is 1.02. The summed E-state index contributed by atoms with van der Waals surface area (Å²) in [5.74, 6) is 0. The highest BCUT2D eigenvalue weighted by molar-refractivity contribution is 7.09. The van der Waals surface area contributed by atoms with Gasteiger partial charge in [-0.3, -0.25) is 0 Å². The summed E-state index contributed by atoms with van der Waals surface area (Å²) in [5, 5.41) is 6.47. The zero-order chi connectivity index (χ0) is 11.4. The zero-order valence-corrected chi connectivity index (χ0v) is 10.5. The summed E-state index contributed by atoms with van der Waals surface area (Å²) in [6.07, 6.45) is 1.96. The molecule has 0 saturated heterocycles. The van der Waals surface area contributed by atoms with Gasteiger partial charge in [0.1, 0.15) is 0 Å². The molecule has 0 aliphatic heterocycles. The lowest BCUT2D eigenvalue weighted by atomic mass is 10.1. The Bertz CT molecular complexity index is 445. The highest BCUT2D eigenvalue weighted by Crippen LogP contribution is 2.16. The molecule has 0 aliphatic rings. The number of hydrogen-bond acceptors (Lipinski definition) is 3. The maximum Gasteiger partial charge on any atom is 0.0972 e. The van der Waals surface area contributed by atoms with E-state index in [9.17, 15) is 0 Å². The molecule has 0 radical (unpaired) electrons. The number of hydrogen-bond donors (Lipinski definition) is 1. The molecular formula is C13H16N2S. The largest absolute Gasteiger partial charge is 0.388 e. The van der Waals surface area contributed by atoms with Gasteiger partial charge in [0.2, 0.25) is 0 Å². The summed E-state index contributed by atoms with van der Waals surface area (Å²) in [7, 11) is 1.93. The fourth-order valence-corrected chi connectivity index (χ4v) is 2.47. The van der Waals surface area contributed by atoms with Gasteiger partial charge in [0.25, 0.3) is 0 Å². The standard InChI is InChI=1S/C13H16N2S/c1-3-11-9-16-13(15-11)8-10-4-6-12(14-2)7-5-10/h4-7,9,14H,3,8H2,1-2H3. The van der Waals surface area contributed by atoms with Crippen LogP contribution in [0.2, 0.25) is 0 Å². The quantitative estimate of drug-likeness (QED) is 0.874. The summed E-state index contributed by atoms with van der Waals surface area (Å²) in [4.78, 5) is 4.57. The van der Waals surface area contributed by atoms with Crippen molar-refractivity contribution in [1.82, 2.24) is 4.98 Å². The first-order valence-corrected chi connectivity index (χ1v) is 6.39. The maximum absolute atomic E-state index is 4.57. The predicted molar refractivity (Wildman–Crippen MR) is 70.3 cm³/mol. The summed E-state index contributed by atoms with van der Waals surface area (Å²) < 4.78 is 0. The normalized spacial score (nSPS) is 10.4. The molecule has 1 N–H and O–H groups in total. The highest BCUT2D eigenvalue weighted by Gasteiger charge is 2.01. The second-order valence-corrected chi connectivity index (χ2v) is 4.65. The summed E-state index contributed by atoms with van der Waals surface area (Å²) in [6, 6.07) is 8.51. The fourth-order valence-electron chi connectivity index (χ4n) is 1.56. The number of nitrogens with zero attached hydrogens (tertiary/aromatic N) is 1. The van der Waals surface area contributed by atoms with Crippen molar-refractivity contribution in [2.75, 3.05) is 12.4 Å². The maximum atomic E-state index is 4.57. The van der Waals surface area contributed by atoms with E-state index in [1.165, 1.54) is 16.3 Å². The molecule has 0 atom stereocenters. The van der Waals surface area contributed by atoms with Crippen molar-refractivity contribution in [2.45, 2.75) is 19.8 Å². The molecule has 0 amide bonds. The Morgan fingerprint density at radius 2 is 2.00 bits per heavy atom. The molecule has 16 heavy (non-hydrogen) atoms. The van der Waals surface area contributed by atoms with Crippen LogP contribution in [0.5, 0.6) is 0 Å². The molecule has 0 saturated carbocycles. The molecule has 0 aliphatic carbocycles. The van der Waals surface area contributed by atoms with Crippen molar-refractivity contribution in [3.63, 3.8) is 0 Å². The Kier molecular flexibility index (Phi) is 3.57. The van der Waals surface area contributed by atoms with Crippen LogP contribution in [-0.4, -0.2) is 12.0 Å². The first-order chi connectivity index (χ1) is 7.81. The van der Waals surface area contributed by atoms with Crippen LogP contribution in [-0.2, 0) is 12.8 Å². The predicted octanol–water partition coefficient (Wildman–Crippen LogP) is 3.34. The van der Waals surface area contributed by atoms with E-state index in [0.717, 1.165) is 18.5 Å². The van der Waals surface area contributed by atoms with E-state index in [4.69, 9.17) is 0 Å². The van der Waals surface area contributed by atoms with E-state index in [1.807, 2.05) is 7.05 Å². The van der Waals surface area contributed by atoms with Crippen molar-refractivity contribution in [3.05, 3.63) is 45.9 Å². The number of thiazole rings is 1. The minimum atomic E-state index is 0.939. The Hall–Kier alpha value is -1.35. The van der Waals surface area contributed by atoms with Crippen molar-refractivity contribution in [2.24, 2.45) is 0 Å². The Balaban J connectivity index is 2.08. The second-order valence-electron chi connectivity index (χ2n) is 3.71. The molecule has 1 aromatic heterocycles. The van der Waals surface area contributed by atoms with Crippen LogP contribution < -0.4 is 5.32 Å². The van der Waals surface area contributed by atoms with Crippen LogP contribution in [0.3, 0.4) is 0 Å². The van der Waals surface area contributed by atoms with Gasteiger partial charge in [0.05, 0.1) is 10.7 Å². The van der Waals surface area contributed by atoms with Crippen LogP contribution in [0.1, 0.15) is 23.2 Å². The van der Waals surface area contributed by atoms with Crippen molar-refractivity contribution in [1.29, 1.82) is 0 Å². The molecule has 0 bridgehead atoms. The molecule has 0 fully saturated rings. The van der Waals surface area contributed by atoms with Gasteiger partial charge in [0, 0.05) is 24.5 Å². The number of aromatic nitrogens is 1. The van der Waals surface area contributed by atoms with E-state index in [2.05, 4.69) is 46.9 Å². The number of nitrogens with one attached hydrogen (secondary N) is 1. The van der Waals surface area contributed by atoms with Gasteiger partial charge in [-0.1, -0.05) is 19.1 Å². The van der Waals surface area contributed by atoms with Gasteiger partial charge in [-0.2, -0.15) is 0 Å². The number of rotatable bonds is 4. The molecule has 3 heteroatoms. The van der Waals surface area contributed by atoms with Crippen LogP contribution in [0.15, 0.2) is 29.6 Å². The van der Waals surface area contributed by atoms with Gasteiger partial charge in [-0.15, -0.1) is 11.3 Å². The topological polar surface area (TPSA) is 24.9 Å². The second kappa shape index (κ2) is 5.12. The first kappa shape index (κ1) is 11.1. The molecule has 2 aromatic rings. The minimum absolute atomic E-state index is 0.939. The first-order valence-electron chi connectivity index (χ1n) is 5.51. The third-order valence-electron chi connectivity index (χ3n) is 2.56. The molecular weight excluding hydrogens is 216 g/mol. The summed E-state index contributed by atoms with van der Waals surface area (Å²) in [5.41, 5.74) is 3.67. The molecule has 0 spiro atoms. The lowest BCUT2D eigenvalue weighted by Gasteiger charge is -2.01. The molecule has 2 rings (SSSR count). The smallest absolute Gasteiger partial charge is 0.0972 e. The van der Waals surface area contributed by atoms with Gasteiger partial charge < -0.3 is 5.32 Å². The molecule has 1 aromatic carbocycles. The van der Waals surface area contributed by atoms with E-state index in [0.29, 0.717) is 0 Å². The van der Waals surface area contributed by atoms with Gasteiger partial charge in [0.15, 0.2) is 0 Å².